The molecule has 0 aliphatic rings. The van der Waals surface area contributed by atoms with E-state index < -0.39 is 4.92 Å². The van der Waals surface area contributed by atoms with Crippen molar-refractivity contribution in [3.63, 3.8) is 0 Å². The molecule has 74 valence electrons. The summed E-state index contributed by atoms with van der Waals surface area (Å²) in [5.74, 6) is 0. The van der Waals surface area contributed by atoms with E-state index >= 15 is 0 Å². The van der Waals surface area contributed by atoms with Crippen molar-refractivity contribution in [1.82, 2.24) is 0 Å². The molecule has 14 heavy (non-hydrogen) atoms. The first kappa shape index (κ1) is 10.2. The minimum atomic E-state index is -0.440. The van der Waals surface area contributed by atoms with E-state index in [1.54, 1.807) is 25.1 Å². The van der Waals surface area contributed by atoms with Crippen LogP contribution in [0.15, 0.2) is 29.4 Å². The molecule has 0 atom stereocenters. The molecule has 0 spiro atoms. The van der Waals surface area contributed by atoms with Gasteiger partial charge in [0.1, 0.15) is 7.11 Å². The second-order valence-electron chi connectivity index (χ2n) is 2.63. The zero-order valence-corrected chi connectivity index (χ0v) is 7.93. The summed E-state index contributed by atoms with van der Waals surface area (Å²) in [5.41, 5.74) is 0.991. The van der Waals surface area contributed by atoms with Gasteiger partial charge in [-0.15, -0.1) is 0 Å². The van der Waals surface area contributed by atoms with Crippen LogP contribution in [0.1, 0.15) is 12.5 Å². The van der Waals surface area contributed by atoms with Crippen LogP contribution in [0.3, 0.4) is 0 Å². The lowest BCUT2D eigenvalue weighted by Crippen LogP contribution is -2.01. The van der Waals surface area contributed by atoms with E-state index in [-0.39, 0.29) is 5.69 Å². The zero-order chi connectivity index (χ0) is 10.6. The maximum Gasteiger partial charge on any atom is 0.278 e. The zero-order valence-electron chi connectivity index (χ0n) is 7.93. The van der Waals surface area contributed by atoms with Crippen molar-refractivity contribution in [2.24, 2.45) is 5.16 Å². The van der Waals surface area contributed by atoms with Crippen molar-refractivity contribution in [2.45, 2.75) is 6.92 Å². The van der Waals surface area contributed by atoms with E-state index in [1.165, 1.54) is 13.2 Å². The van der Waals surface area contributed by atoms with Gasteiger partial charge < -0.3 is 4.84 Å². The largest absolute Gasteiger partial charge is 0.399 e. The third-order valence-corrected chi connectivity index (χ3v) is 1.72. The van der Waals surface area contributed by atoms with E-state index in [2.05, 4.69) is 9.99 Å². The predicted molar refractivity (Wildman–Crippen MR) is 52.3 cm³/mol. The molecule has 0 N–H and O–H groups in total. The Morgan fingerprint density at radius 1 is 1.50 bits per heavy atom. The molecule has 0 radical (unpaired) electrons. The minimum Gasteiger partial charge on any atom is -0.399 e. The maximum absolute atomic E-state index is 10.6. The lowest BCUT2D eigenvalue weighted by Gasteiger charge is -2.00. The van der Waals surface area contributed by atoms with Gasteiger partial charge in [-0.2, -0.15) is 0 Å². The van der Waals surface area contributed by atoms with Gasteiger partial charge in [-0.05, 0) is 13.0 Å². The van der Waals surface area contributed by atoms with Crippen molar-refractivity contribution < 1.29 is 9.76 Å². The van der Waals surface area contributed by atoms with Gasteiger partial charge in [0.15, 0.2) is 0 Å². The monoisotopic (exact) mass is 194 g/mol. The predicted octanol–water partition coefficient (Wildman–Crippen LogP) is 1.97. The first-order valence-corrected chi connectivity index (χ1v) is 3.98. The number of hydrogen-bond acceptors (Lipinski definition) is 4. The number of hydrogen-bond donors (Lipinski definition) is 0. The highest BCUT2D eigenvalue weighted by molar-refractivity contribution is 6.01. The van der Waals surface area contributed by atoms with Gasteiger partial charge in [0.05, 0.1) is 16.2 Å². The fourth-order valence-corrected chi connectivity index (χ4v) is 1.12. The Morgan fingerprint density at radius 3 is 2.71 bits per heavy atom. The van der Waals surface area contributed by atoms with Crippen molar-refractivity contribution >= 4 is 11.4 Å². The molecule has 0 aromatic heterocycles. The normalized spacial score (nSPS) is 11.1. The topological polar surface area (TPSA) is 64.7 Å². The minimum absolute atomic E-state index is 0.0331. The molecule has 0 aliphatic heterocycles. The number of nitrogens with zero attached hydrogens (tertiary/aromatic N) is 2. The number of nitro groups is 1. The van der Waals surface area contributed by atoms with Crippen LogP contribution in [0.2, 0.25) is 0 Å². The Labute approximate surface area is 81.1 Å². The molecule has 1 aromatic carbocycles. The Hall–Kier alpha value is -1.91. The second kappa shape index (κ2) is 4.36. The summed E-state index contributed by atoms with van der Waals surface area (Å²) in [4.78, 5) is 14.8. The highest BCUT2D eigenvalue weighted by atomic mass is 16.6. The van der Waals surface area contributed by atoms with Crippen LogP contribution >= 0.6 is 0 Å². The summed E-state index contributed by atoms with van der Waals surface area (Å²) in [6.07, 6.45) is 0. The van der Waals surface area contributed by atoms with E-state index in [9.17, 15) is 10.1 Å². The van der Waals surface area contributed by atoms with Crippen LogP contribution in [0, 0.1) is 10.1 Å². The molecule has 0 bridgehead atoms. The van der Waals surface area contributed by atoms with Gasteiger partial charge in [0.2, 0.25) is 0 Å². The summed E-state index contributed by atoms with van der Waals surface area (Å²) in [5, 5.41) is 14.3. The molecule has 5 heteroatoms. The quantitative estimate of drug-likeness (QED) is 0.419. The number of para-hydroxylation sites is 1. The van der Waals surface area contributed by atoms with Gasteiger partial charge >= 0.3 is 0 Å². The standard InChI is InChI=1S/C9H10N2O3/c1-7(10-14-2)8-5-3-4-6-9(8)11(12)13/h3-6H,1-2H3/b10-7+. The van der Waals surface area contributed by atoms with Crippen LogP contribution in [0.5, 0.6) is 0 Å². The lowest BCUT2D eigenvalue weighted by molar-refractivity contribution is -0.385. The molecule has 1 aromatic rings. The molecule has 0 saturated carbocycles. The van der Waals surface area contributed by atoms with Crippen molar-refractivity contribution in [1.29, 1.82) is 0 Å². The van der Waals surface area contributed by atoms with Gasteiger partial charge in [0.25, 0.3) is 5.69 Å². The Bertz CT molecular complexity index is 374. The van der Waals surface area contributed by atoms with Crippen LogP contribution < -0.4 is 0 Å². The van der Waals surface area contributed by atoms with Crippen molar-refractivity contribution in [3.05, 3.63) is 39.9 Å². The van der Waals surface area contributed by atoms with Crippen LogP contribution in [-0.2, 0) is 4.84 Å². The molecule has 0 unspecified atom stereocenters. The average molecular weight is 194 g/mol. The number of rotatable bonds is 3. The number of benzene rings is 1. The van der Waals surface area contributed by atoms with E-state index in [0.717, 1.165) is 0 Å². The first-order chi connectivity index (χ1) is 6.66. The van der Waals surface area contributed by atoms with Gasteiger partial charge in [-0.3, -0.25) is 10.1 Å². The van der Waals surface area contributed by atoms with E-state index in [4.69, 9.17) is 0 Å². The van der Waals surface area contributed by atoms with Crippen LogP contribution in [0.4, 0.5) is 5.69 Å². The highest BCUT2D eigenvalue weighted by Crippen LogP contribution is 2.18. The average Bonchev–Trinajstić information content (AvgIpc) is 2.18. The smallest absolute Gasteiger partial charge is 0.278 e. The number of oxime groups is 1. The SMILES string of the molecule is CO/N=C(\C)c1ccccc1[N+](=O)[O-]. The molecular weight excluding hydrogens is 184 g/mol. The van der Waals surface area contributed by atoms with Gasteiger partial charge in [-0.25, -0.2) is 0 Å². The van der Waals surface area contributed by atoms with Crippen LogP contribution in [0.25, 0.3) is 0 Å². The summed E-state index contributed by atoms with van der Waals surface area (Å²) in [6.45, 7) is 1.66. The fraction of sp³-hybridized carbons (Fsp3) is 0.222. The maximum atomic E-state index is 10.6. The summed E-state index contributed by atoms with van der Waals surface area (Å²) < 4.78 is 0. The van der Waals surface area contributed by atoms with E-state index in [1.807, 2.05) is 0 Å². The molecule has 0 saturated heterocycles. The fourth-order valence-electron chi connectivity index (χ4n) is 1.12. The molecule has 0 amide bonds. The van der Waals surface area contributed by atoms with Crippen molar-refractivity contribution in [3.8, 4) is 0 Å². The molecule has 0 aliphatic carbocycles. The van der Waals surface area contributed by atoms with Gasteiger partial charge in [0, 0.05) is 6.07 Å². The molecule has 1 rings (SSSR count). The molecule has 0 fully saturated rings. The summed E-state index contributed by atoms with van der Waals surface area (Å²) in [6, 6.07) is 6.40. The third-order valence-electron chi connectivity index (χ3n) is 1.72. The molecule has 5 nitrogen and oxygen atoms in total. The molecular formula is C9H10N2O3. The lowest BCUT2D eigenvalue weighted by atomic mass is 10.1. The molecule has 0 heterocycles. The second-order valence-corrected chi connectivity index (χ2v) is 2.63. The van der Waals surface area contributed by atoms with Crippen molar-refractivity contribution in [2.75, 3.05) is 7.11 Å². The summed E-state index contributed by atoms with van der Waals surface area (Å²) >= 11 is 0. The Kier molecular flexibility index (Phi) is 3.17. The Balaban J connectivity index is 3.20. The van der Waals surface area contributed by atoms with E-state index in [0.29, 0.717) is 11.3 Å². The number of nitro benzene ring substituents is 1. The third kappa shape index (κ3) is 2.07. The van der Waals surface area contributed by atoms with Gasteiger partial charge in [-0.1, -0.05) is 17.3 Å². The van der Waals surface area contributed by atoms with Crippen LogP contribution in [-0.4, -0.2) is 17.7 Å². The summed E-state index contributed by atoms with van der Waals surface area (Å²) in [7, 11) is 1.40. The Morgan fingerprint density at radius 2 is 2.14 bits per heavy atom. The first-order valence-electron chi connectivity index (χ1n) is 3.98. The highest BCUT2D eigenvalue weighted by Gasteiger charge is 2.14.